The second kappa shape index (κ2) is 8.22. The third-order valence-electron chi connectivity index (χ3n) is 4.94. The average molecular weight is 298 g/mol. The van der Waals surface area contributed by atoms with E-state index in [1.165, 1.54) is 25.7 Å². The monoisotopic (exact) mass is 298 g/mol. The van der Waals surface area contributed by atoms with Crippen LogP contribution in [0.25, 0.3) is 0 Å². The number of carbonyl (C=O) groups is 1. The van der Waals surface area contributed by atoms with Crippen molar-refractivity contribution in [1.29, 1.82) is 0 Å². The number of oxime groups is 1. The summed E-state index contributed by atoms with van der Waals surface area (Å²) in [4.78, 5) is 14.7. The van der Waals surface area contributed by atoms with E-state index < -0.39 is 5.41 Å². The molecule has 6 nitrogen and oxygen atoms in total. The number of hydrogen-bond donors (Lipinski definition) is 3. The number of nitrogens with two attached hydrogens (primary N) is 1. The minimum absolute atomic E-state index is 0.00542. The third kappa shape index (κ3) is 4.09. The molecule has 0 aliphatic heterocycles. The number of nitrogens with one attached hydrogen (secondary N) is 1. The van der Waals surface area contributed by atoms with E-state index in [4.69, 9.17) is 10.9 Å². The fourth-order valence-corrected chi connectivity index (χ4v) is 3.19. The van der Waals surface area contributed by atoms with Gasteiger partial charge in [0.25, 0.3) is 0 Å². The molecule has 0 aromatic heterocycles. The fourth-order valence-electron chi connectivity index (χ4n) is 3.19. The molecular formula is C15H30N4O2. The zero-order valence-electron chi connectivity index (χ0n) is 13.6. The van der Waals surface area contributed by atoms with Crippen LogP contribution < -0.4 is 11.1 Å². The zero-order valence-corrected chi connectivity index (χ0v) is 13.6. The number of amidine groups is 1. The maximum absolute atomic E-state index is 12.4. The summed E-state index contributed by atoms with van der Waals surface area (Å²) in [5.41, 5.74) is 4.83. The molecule has 0 spiro atoms. The Morgan fingerprint density at radius 1 is 1.38 bits per heavy atom. The van der Waals surface area contributed by atoms with Gasteiger partial charge < -0.3 is 21.2 Å². The van der Waals surface area contributed by atoms with Crippen LogP contribution >= 0.6 is 0 Å². The van der Waals surface area contributed by atoms with E-state index in [0.717, 1.165) is 6.54 Å². The summed E-state index contributed by atoms with van der Waals surface area (Å²) in [6, 6.07) is 0.646. The van der Waals surface area contributed by atoms with Gasteiger partial charge in [0.05, 0.1) is 0 Å². The summed E-state index contributed by atoms with van der Waals surface area (Å²) in [5, 5.41) is 14.9. The smallest absolute Gasteiger partial charge is 0.233 e. The highest BCUT2D eigenvalue weighted by Crippen LogP contribution is 2.27. The molecule has 0 heterocycles. The largest absolute Gasteiger partial charge is 0.409 e. The van der Waals surface area contributed by atoms with Gasteiger partial charge in [-0.25, -0.2) is 0 Å². The first-order chi connectivity index (χ1) is 10.0. The molecule has 1 aliphatic rings. The average Bonchev–Trinajstić information content (AvgIpc) is 3.03. The summed E-state index contributed by atoms with van der Waals surface area (Å²) < 4.78 is 0. The highest BCUT2D eigenvalue weighted by atomic mass is 16.4. The number of likely N-dealkylation sites (N-methyl/N-ethyl adjacent to an activating group) is 1. The second-order valence-electron chi connectivity index (χ2n) is 5.95. The topological polar surface area (TPSA) is 91.0 Å². The molecule has 0 radical (unpaired) electrons. The number of nitrogens with zero attached hydrogens (tertiary/aromatic N) is 2. The molecule has 0 atom stereocenters. The van der Waals surface area contributed by atoms with Crippen LogP contribution in [0.5, 0.6) is 0 Å². The molecule has 4 N–H and O–H groups in total. The molecule has 1 saturated carbocycles. The molecule has 0 unspecified atom stereocenters. The number of hydrogen-bond acceptors (Lipinski definition) is 4. The maximum atomic E-state index is 12.4. The number of amides is 1. The van der Waals surface area contributed by atoms with Crippen molar-refractivity contribution in [3.63, 3.8) is 0 Å². The van der Waals surface area contributed by atoms with Gasteiger partial charge in [-0.1, -0.05) is 31.8 Å². The van der Waals surface area contributed by atoms with Gasteiger partial charge in [-0.3, -0.25) is 4.79 Å². The maximum Gasteiger partial charge on any atom is 0.233 e. The minimum Gasteiger partial charge on any atom is -0.409 e. The van der Waals surface area contributed by atoms with Gasteiger partial charge in [0.1, 0.15) is 5.41 Å². The lowest BCUT2D eigenvalue weighted by Crippen LogP contribution is -2.50. The lowest BCUT2D eigenvalue weighted by atomic mass is 9.80. The summed E-state index contributed by atoms with van der Waals surface area (Å²) in [5.74, 6) is -0.156. The van der Waals surface area contributed by atoms with Crippen LogP contribution in [0, 0.1) is 5.41 Å². The Labute approximate surface area is 127 Å². The van der Waals surface area contributed by atoms with E-state index in [0.29, 0.717) is 25.4 Å². The van der Waals surface area contributed by atoms with Crippen molar-refractivity contribution in [3.05, 3.63) is 0 Å². The van der Waals surface area contributed by atoms with E-state index in [9.17, 15) is 4.79 Å². The Morgan fingerprint density at radius 2 is 1.95 bits per heavy atom. The third-order valence-corrected chi connectivity index (χ3v) is 4.94. The highest BCUT2D eigenvalue weighted by molar-refractivity contribution is 6.06. The van der Waals surface area contributed by atoms with Gasteiger partial charge in [0, 0.05) is 19.1 Å². The van der Waals surface area contributed by atoms with Crippen LogP contribution in [-0.4, -0.2) is 48.0 Å². The van der Waals surface area contributed by atoms with Crippen molar-refractivity contribution in [1.82, 2.24) is 10.2 Å². The Kier molecular flexibility index (Phi) is 6.95. The molecular weight excluding hydrogens is 268 g/mol. The van der Waals surface area contributed by atoms with Crippen LogP contribution in [0.2, 0.25) is 0 Å². The summed E-state index contributed by atoms with van der Waals surface area (Å²) in [6.07, 6.45) is 6.15. The predicted molar refractivity (Wildman–Crippen MR) is 84.3 cm³/mol. The first kappa shape index (κ1) is 17.8. The van der Waals surface area contributed by atoms with Crippen molar-refractivity contribution in [2.24, 2.45) is 16.3 Å². The van der Waals surface area contributed by atoms with E-state index in [1.54, 1.807) is 0 Å². The molecule has 6 heteroatoms. The Hall–Kier alpha value is -1.30. The van der Waals surface area contributed by atoms with Crippen molar-refractivity contribution < 1.29 is 10.0 Å². The van der Waals surface area contributed by atoms with Gasteiger partial charge in [0.2, 0.25) is 5.91 Å². The molecule has 1 rings (SSSR count). The normalized spacial score (nSPS) is 17.4. The first-order valence-electron chi connectivity index (χ1n) is 7.98. The predicted octanol–water partition coefficient (Wildman–Crippen LogP) is 1.53. The van der Waals surface area contributed by atoms with Crippen molar-refractivity contribution in [3.8, 4) is 0 Å². The second-order valence-corrected chi connectivity index (χ2v) is 5.95. The molecule has 122 valence electrons. The molecule has 0 bridgehead atoms. The molecule has 1 fully saturated rings. The summed E-state index contributed by atoms with van der Waals surface area (Å²) >= 11 is 0. The van der Waals surface area contributed by atoms with Crippen molar-refractivity contribution in [2.45, 2.75) is 58.4 Å². The van der Waals surface area contributed by atoms with Crippen molar-refractivity contribution >= 4 is 11.7 Å². The fraction of sp³-hybridized carbons (Fsp3) is 0.867. The number of rotatable bonds is 8. The molecule has 0 saturated heterocycles. The molecule has 0 aromatic carbocycles. The quantitative estimate of drug-likeness (QED) is 0.274. The van der Waals surface area contributed by atoms with Crippen LogP contribution in [0.3, 0.4) is 0 Å². The van der Waals surface area contributed by atoms with Crippen molar-refractivity contribution in [2.75, 3.05) is 20.1 Å². The zero-order chi connectivity index (χ0) is 15.9. The lowest BCUT2D eigenvalue weighted by Gasteiger charge is -2.29. The van der Waals surface area contributed by atoms with Crippen LogP contribution in [0.4, 0.5) is 0 Å². The minimum atomic E-state index is -0.902. The van der Waals surface area contributed by atoms with E-state index in [-0.39, 0.29) is 11.7 Å². The van der Waals surface area contributed by atoms with Gasteiger partial charge in [0.15, 0.2) is 5.84 Å². The summed E-state index contributed by atoms with van der Waals surface area (Å²) in [7, 11) is 2.11. The SMILES string of the molecule is CCC(CC)(C(=O)NCCN(C)C1CCCC1)C(N)=NO. The standard InChI is InChI=1S/C15H30N4O2/c1-4-15(5-2,13(16)18-21)14(20)17-10-11-19(3)12-8-6-7-9-12/h12,21H,4-11H2,1-3H3,(H2,16,18)(H,17,20). The Bertz CT molecular complexity index is 361. The summed E-state index contributed by atoms with van der Waals surface area (Å²) in [6.45, 7) is 5.18. The van der Waals surface area contributed by atoms with Gasteiger partial charge in [-0.15, -0.1) is 0 Å². The molecule has 1 amide bonds. The Balaban J connectivity index is 2.50. The highest BCUT2D eigenvalue weighted by Gasteiger charge is 2.39. The van der Waals surface area contributed by atoms with Crippen LogP contribution in [-0.2, 0) is 4.79 Å². The van der Waals surface area contributed by atoms with Gasteiger partial charge in [-0.05, 0) is 32.7 Å². The van der Waals surface area contributed by atoms with Crippen LogP contribution in [0.15, 0.2) is 5.16 Å². The lowest BCUT2D eigenvalue weighted by molar-refractivity contribution is -0.128. The molecule has 21 heavy (non-hydrogen) atoms. The van der Waals surface area contributed by atoms with Gasteiger partial charge >= 0.3 is 0 Å². The molecule has 0 aromatic rings. The van der Waals surface area contributed by atoms with Gasteiger partial charge in [-0.2, -0.15) is 0 Å². The van der Waals surface area contributed by atoms with E-state index in [2.05, 4.69) is 22.4 Å². The van der Waals surface area contributed by atoms with E-state index in [1.807, 2.05) is 13.8 Å². The molecule has 1 aliphatic carbocycles. The first-order valence-corrected chi connectivity index (χ1v) is 7.98. The Morgan fingerprint density at radius 3 is 2.43 bits per heavy atom. The van der Waals surface area contributed by atoms with E-state index >= 15 is 0 Å². The number of carbonyl (C=O) groups excluding carboxylic acids is 1. The van der Waals surface area contributed by atoms with Crippen LogP contribution in [0.1, 0.15) is 52.4 Å².